The van der Waals surface area contributed by atoms with Crippen LogP contribution in [0.4, 0.5) is 17.1 Å². The fourth-order valence-corrected chi connectivity index (χ4v) is 3.48. The molecule has 4 rings (SSSR count). The molecule has 0 N–H and O–H groups in total. The summed E-state index contributed by atoms with van der Waals surface area (Å²) in [5.41, 5.74) is 5.91. The maximum atomic E-state index is 2.35. The van der Waals surface area contributed by atoms with Crippen LogP contribution in [0.15, 0.2) is 109 Å². The van der Waals surface area contributed by atoms with Gasteiger partial charge in [-0.1, -0.05) is 66.7 Å². The van der Waals surface area contributed by atoms with Crippen molar-refractivity contribution in [2.45, 2.75) is 0 Å². The van der Waals surface area contributed by atoms with Gasteiger partial charge in [0, 0.05) is 20.5 Å². The third-order valence-corrected chi connectivity index (χ3v) is 5.05. The lowest BCUT2D eigenvalue weighted by Gasteiger charge is -2.27. The first-order valence-electron chi connectivity index (χ1n) is 8.58. The zero-order chi connectivity index (χ0) is 17.8. The Morgan fingerprint density at radius 3 is 1.58 bits per heavy atom. The molecule has 126 valence electrons. The highest BCUT2D eigenvalue weighted by atomic mass is 127. The minimum absolute atomic E-state index is 1.15. The van der Waals surface area contributed by atoms with Crippen LogP contribution in [0, 0.1) is 3.57 Å². The van der Waals surface area contributed by atoms with E-state index in [0.717, 1.165) is 11.4 Å². The molecule has 2 heteroatoms. The Bertz CT molecular complexity index is 940. The Labute approximate surface area is 168 Å². The van der Waals surface area contributed by atoms with E-state index in [9.17, 15) is 0 Å². The summed E-state index contributed by atoms with van der Waals surface area (Å²) in [5.74, 6) is 0. The molecule has 0 atom stereocenters. The van der Waals surface area contributed by atoms with Crippen molar-refractivity contribution in [3.05, 3.63) is 113 Å². The first-order valence-corrected chi connectivity index (χ1v) is 9.66. The topological polar surface area (TPSA) is 3.24 Å². The third-order valence-electron chi connectivity index (χ3n) is 4.33. The molecule has 0 heterocycles. The van der Waals surface area contributed by atoms with Gasteiger partial charge in [0.15, 0.2) is 0 Å². The summed E-state index contributed by atoms with van der Waals surface area (Å²) in [7, 11) is 0. The van der Waals surface area contributed by atoms with Crippen LogP contribution in [0.1, 0.15) is 0 Å². The predicted molar refractivity (Wildman–Crippen MR) is 119 cm³/mol. The second-order valence-electron chi connectivity index (χ2n) is 6.03. The van der Waals surface area contributed by atoms with Crippen molar-refractivity contribution in [1.82, 2.24) is 0 Å². The SMILES string of the molecule is Ic1ccc(-c2ccccc2N(c2ccccc2)c2ccccc2)cc1. The summed E-state index contributed by atoms with van der Waals surface area (Å²) in [5, 5.41) is 0. The van der Waals surface area contributed by atoms with Gasteiger partial charge in [0.2, 0.25) is 0 Å². The molecule has 0 aromatic heterocycles. The Hall–Kier alpha value is -2.59. The van der Waals surface area contributed by atoms with Crippen LogP contribution in [0.5, 0.6) is 0 Å². The van der Waals surface area contributed by atoms with Gasteiger partial charge >= 0.3 is 0 Å². The van der Waals surface area contributed by atoms with E-state index in [0.29, 0.717) is 0 Å². The Morgan fingerprint density at radius 1 is 0.500 bits per heavy atom. The third kappa shape index (κ3) is 3.51. The number of hydrogen-bond donors (Lipinski definition) is 0. The molecule has 4 aromatic carbocycles. The molecule has 4 aromatic rings. The number of benzene rings is 4. The number of halogens is 1. The van der Waals surface area contributed by atoms with Crippen LogP contribution >= 0.6 is 22.6 Å². The van der Waals surface area contributed by atoms with Gasteiger partial charge in [-0.15, -0.1) is 0 Å². The van der Waals surface area contributed by atoms with Gasteiger partial charge in [0.25, 0.3) is 0 Å². The average Bonchev–Trinajstić information content (AvgIpc) is 2.71. The highest BCUT2D eigenvalue weighted by molar-refractivity contribution is 14.1. The lowest BCUT2D eigenvalue weighted by molar-refractivity contribution is 1.28. The van der Waals surface area contributed by atoms with Crippen molar-refractivity contribution in [3.8, 4) is 11.1 Å². The van der Waals surface area contributed by atoms with E-state index in [2.05, 4.69) is 137 Å². The van der Waals surface area contributed by atoms with Crippen LogP contribution in [-0.4, -0.2) is 0 Å². The first-order chi connectivity index (χ1) is 12.8. The zero-order valence-corrected chi connectivity index (χ0v) is 16.4. The van der Waals surface area contributed by atoms with Gasteiger partial charge in [-0.2, -0.15) is 0 Å². The van der Waals surface area contributed by atoms with E-state index in [1.807, 2.05) is 0 Å². The van der Waals surface area contributed by atoms with Crippen molar-refractivity contribution >= 4 is 39.7 Å². The van der Waals surface area contributed by atoms with Gasteiger partial charge < -0.3 is 4.90 Å². The lowest BCUT2D eigenvalue weighted by atomic mass is 10.0. The highest BCUT2D eigenvalue weighted by Crippen LogP contribution is 2.40. The van der Waals surface area contributed by atoms with Crippen LogP contribution in [0.25, 0.3) is 11.1 Å². The van der Waals surface area contributed by atoms with Crippen molar-refractivity contribution in [1.29, 1.82) is 0 Å². The number of anilines is 3. The van der Waals surface area contributed by atoms with Crippen LogP contribution in [0.3, 0.4) is 0 Å². The van der Waals surface area contributed by atoms with E-state index in [4.69, 9.17) is 0 Å². The summed E-state index contributed by atoms with van der Waals surface area (Å²) < 4.78 is 1.24. The van der Waals surface area contributed by atoms with Crippen molar-refractivity contribution in [2.24, 2.45) is 0 Å². The van der Waals surface area contributed by atoms with Gasteiger partial charge in [-0.05, 0) is 70.6 Å². The van der Waals surface area contributed by atoms with Crippen molar-refractivity contribution in [3.63, 3.8) is 0 Å². The molecule has 0 amide bonds. The molecular formula is C24H18IN. The molecule has 0 bridgehead atoms. The average molecular weight is 447 g/mol. The summed E-state index contributed by atoms with van der Waals surface area (Å²) in [6.07, 6.45) is 0. The smallest absolute Gasteiger partial charge is 0.0540 e. The molecule has 0 aliphatic heterocycles. The molecule has 0 spiro atoms. The molecule has 0 saturated heterocycles. The molecule has 0 fully saturated rings. The molecule has 0 radical (unpaired) electrons. The molecule has 0 aliphatic rings. The minimum Gasteiger partial charge on any atom is -0.310 e. The maximum Gasteiger partial charge on any atom is 0.0540 e. The fourth-order valence-electron chi connectivity index (χ4n) is 3.12. The lowest BCUT2D eigenvalue weighted by Crippen LogP contribution is -2.10. The standard InChI is InChI=1S/C24H18IN/c25-20-17-15-19(16-18-20)23-13-7-8-14-24(23)26(21-9-3-1-4-10-21)22-11-5-2-6-12-22/h1-18H. The number of para-hydroxylation sites is 3. The van der Waals surface area contributed by atoms with E-state index < -0.39 is 0 Å². The molecule has 1 nitrogen and oxygen atoms in total. The minimum atomic E-state index is 1.15. The Morgan fingerprint density at radius 2 is 1.00 bits per heavy atom. The highest BCUT2D eigenvalue weighted by Gasteiger charge is 2.16. The molecule has 26 heavy (non-hydrogen) atoms. The van der Waals surface area contributed by atoms with Gasteiger partial charge in [0.1, 0.15) is 0 Å². The number of rotatable bonds is 4. The van der Waals surface area contributed by atoms with E-state index >= 15 is 0 Å². The molecular weight excluding hydrogens is 429 g/mol. The summed E-state index contributed by atoms with van der Waals surface area (Å²) in [4.78, 5) is 2.31. The van der Waals surface area contributed by atoms with E-state index in [-0.39, 0.29) is 0 Å². The Kier molecular flexibility index (Phi) is 5.02. The monoisotopic (exact) mass is 447 g/mol. The quantitative estimate of drug-likeness (QED) is 0.294. The first kappa shape index (κ1) is 16.9. The number of nitrogens with zero attached hydrogens (tertiary/aromatic N) is 1. The predicted octanol–water partition coefficient (Wildman–Crippen LogP) is 7.43. The summed E-state index contributed by atoms with van der Waals surface area (Å²) in [6.45, 7) is 0. The van der Waals surface area contributed by atoms with Crippen LogP contribution < -0.4 is 4.90 Å². The number of hydrogen-bond acceptors (Lipinski definition) is 1. The summed E-state index contributed by atoms with van der Waals surface area (Å²) in [6, 6.07) is 38.3. The molecule has 0 aliphatic carbocycles. The largest absolute Gasteiger partial charge is 0.310 e. The molecule has 0 saturated carbocycles. The second-order valence-corrected chi connectivity index (χ2v) is 7.28. The Balaban J connectivity index is 1.91. The van der Waals surface area contributed by atoms with Crippen molar-refractivity contribution < 1.29 is 0 Å². The van der Waals surface area contributed by atoms with E-state index in [1.54, 1.807) is 0 Å². The van der Waals surface area contributed by atoms with Crippen LogP contribution in [-0.2, 0) is 0 Å². The van der Waals surface area contributed by atoms with E-state index in [1.165, 1.54) is 20.4 Å². The normalized spacial score (nSPS) is 10.5. The zero-order valence-electron chi connectivity index (χ0n) is 14.2. The van der Waals surface area contributed by atoms with Gasteiger partial charge in [0.05, 0.1) is 5.69 Å². The van der Waals surface area contributed by atoms with Crippen LogP contribution in [0.2, 0.25) is 0 Å². The van der Waals surface area contributed by atoms with Crippen molar-refractivity contribution in [2.75, 3.05) is 4.90 Å². The fraction of sp³-hybridized carbons (Fsp3) is 0. The summed E-state index contributed by atoms with van der Waals surface area (Å²) >= 11 is 2.35. The molecule has 0 unspecified atom stereocenters. The maximum absolute atomic E-state index is 2.35. The second kappa shape index (κ2) is 7.75. The van der Waals surface area contributed by atoms with Gasteiger partial charge in [-0.25, -0.2) is 0 Å². The van der Waals surface area contributed by atoms with Gasteiger partial charge in [-0.3, -0.25) is 0 Å².